The van der Waals surface area contributed by atoms with Crippen molar-refractivity contribution in [1.82, 2.24) is 4.98 Å². The van der Waals surface area contributed by atoms with E-state index >= 15 is 0 Å². The number of fused-ring (bicyclic) bond motifs is 1. The van der Waals surface area contributed by atoms with Gasteiger partial charge in [0.1, 0.15) is 6.04 Å². The highest BCUT2D eigenvalue weighted by molar-refractivity contribution is 6.36. The highest BCUT2D eigenvalue weighted by Gasteiger charge is 2.35. The van der Waals surface area contributed by atoms with Crippen LogP contribution in [0.5, 0.6) is 0 Å². The number of nitrogens with zero attached hydrogens (tertiary/aromatic N) is 2. The lowest BCUT2D eigenvalue weighted by molar-refractivity contribution is -0.123. The fourth-order valence-electron chi connectivity index (χ4n) is 2.01. The Morgan fingerprint density at radius 1 is 1.41 bits per heavy atom. The summed E-state index contributed by atoms with van der Waals surface area (Å²) < 4.78 is 0. The molecule has 0 radical (unpaired) electrons. The monoisotopic (exact) mass is 247 g/mol. The zero-order valence-corrected chi connectivity index (χ0v) is 9.69. The van der Waals surface area contributed by atoms with E-state index < -0.39 is 0 Å². The number of pyridine rings is 1. The molecule has 1 aliphatic rings. The van der Waals surface area contributed by atoms with Gasteiger partial charge in [-0.25, -0.2) is 0 Å². The van der Waals surface area contributed by atoms with Crippen LogP contribution in [0.15, 0.2) is 30.5 Å². The number of nitrogens with two attached hydrogens (primary N) is 1. The molecular formula is C12H10ClN3O. The number of hydrogen-bond donors (Lipinski definition) is 1. The van der Waals surface area contributed by atoms with Gasteiger partial charge in [-0.3, -0.25) is 9.78 Å². The molecule has 2 heterocycles. The van der Waals surface area contributed by atoms with Gasteiger partial charge in [0.15, 0.2) is 0 Å². The number of halogens is 1. The summed E-state index contributed by atoms with van der Waals surface area (Å²) in [4.78, 5) is 17.6. The predicted octanol–water partition coefficient (Wildman–Crippen LogP) is 1.56. The first-order valence-corrected chi connectivity index (χ1v) is 5.66. The van der Waals surface area contributed by atoms with Crippen LogP contribution in [-0.4, -0.2) is 23.5 Å². The third-order valence-electron chi connectivity index (χ3n) is 2.95. The van der Waals surface area contributed by atoms with Crippen molar-refractivity contribution in [1.29, 1.82) is 0 Å². The molecule has 1 fully saturated rings. The Bertz CT molecular complexity index is 614. The Hall–Kier alpha value is -1.65. The van der Waals surface area contributed by atoms with Crippen molar-refractivity contribution in [3.63, 3.8) is 0 Å². The first kappa shape index (κ1) is 10.5. The summed E-state index contributed by atoms with van der Waals surface area (Å²) in [5, 5.41) is 1.48. The average molecular weight is 248 g/mol. The van der Waals surface area contributed by atoms with Crippen molar-refractivity contribution in [2.24, 2.45) is 5.73 Å². The van der Waals surface area contributed by atoms with E-state index in [4.69, 9.17) is 17.3 Å². The standard InChI is InChI=1S/C12H10ClN3O/c13-8-3-4-10(16-6-9(14)12(16)17)11-7(8)2-1-5-15-11/h1-5,9H,6,14H2. The van der Waals surface area contributed by atoms with Crippen molar-refractivity contribution in [3.05, 3.63) is 35.5 Å². The Balaban J connectivity index is 2.18. The van der Waals surface area contributed by atoms with E-state index in [0.29, 0.717) is 11.6 Å². The number of hydrogen-bond acceptors (Lipinski definition) is 3. The lowest BCUT2D eigenvalue weighted by atomic mass is 10.1. The third-order valence-corrected chi connectivity index (χ3v) is 3.28. The van der Waals surface area contributed by atoms with E-state index in [1.807, 2.05) is 12.1 Å². The zero-order valence-electron chi connectivity index (χ0n) is 8.93. The van der Waals surface area contributed by atoms with Gasteiger partial charge < -0.3 is 10.6 Å². The van der Waals surface area contributed by atoms with Crippen LogP contribution in [0.3, 0.4) is 0 Å². The molecule has 0 bridgehead atoms. The maximum Gasteiger partial charge on any atom is 0.245 e. The van der Waals surface area contributed by atoms with Gasteiger partial charge >= 0.3 is 0 Å². The van der Waals surface area contributed by atoms with Gasteiger partial charge in [0.25, 0.3) is 0 Å². The van der Waals surface area contributed by atoms with Crippen molar-refractivity contribution in [2.45, 2.75) is 6.04 Å². The van der Waals surface area contributed by atoms with E-state index in [0.717, 1.165) is 16.6 Å². The number of benzene rings is 1. The van der Waals surface area contributed by atoms with Gasteiger partial charge in [-0.2, -0.15) is 0 Å². The number of anilines is 1. The molecule has 3 rings (SSSR count). The molecular weight excluding hydrogens is 238 g/mol. The highest BCUT2D eigenvalue weighted by Crippen LogP contribution is 2.32. The van der Waals surface area contributed by atoms with Gasteiger partial charge in [0.05, 0.1) is 22.8 Å². The fraction of sp³-hybridized carbons (Fsp3) is 0.167. The van der Waals surface area contributed by atoms with Crippen LogP contribution in [0.2, 0.25) is 5.02 Å². The topological polar surface area (TPSA) is 59.2 Å². The van der Waals surface area contributed by atoms with Crippen LogP contribution in [0.4, 0.5) is 5.69 Å². The van der Waals surface area contributed by atoms with Gasteiger partial charge in [-0.1, -0.05) is 11.6 Å². The van der Waals surface area contributed by atoms with Crippen LogP contribution in [0, 0.1) is 0 Å². The molecule has 1 aromatic carbocycles. The molecule has 0 spiro atoms. The summed E-state index contributed by atoms with van der Waals surface area (Å²) in [5.41, 5.74) is 7.10. The van der Waals surface area contributed by atoms with Crippen LogP contribution >= 0.6 is 11.6 Å². The lowest BCUT2D eigenvalue weighted by Crippen LogP contribution is -2.61. The summed E-state index contributed by atoms with van der Waals surface area (Å²) in [6, 6.07) is 6.91. The summed E-state index contributed by atoms with van der Waals surface area (Å²) in [6.07, 6.45) is 1.69. The second kappa shape index (κ2) is 3.68. The quantitative estimate of drug-likeness (QED) is 0.778. The molecule has 2 N–H and O–H groups in total. The number of rotatable bonds is 1. The van der Waals surface area contributed by atoms with Crippen molar-refractivity contribution in [2.75, 3.05) is 11.4 Å². The minimum absolute atomic E-state index is 0.0701. The van der Waals surface area contributed by atoms with Crippen LogP contribution in [0.1, 0.15) is 0 Å². The van der Waals surface area contributed by atoms with Crippen LogP contribution < -0.4 is 10.6 Å². The van der Waals surface area contributed by atoms with Gasteiger partial charge in [-0.05, 0) is 24.3 Å². The number of aromatic nitrogens is 1. The Morgan fingerprint density at radius 2 is 2.24 bits per heavy atom. The molecule has 1 amide bonds. The maximum atomic E-state index is 11.6. The Morgan fingerprint density at radius 3 is 2.94 bits per heavy atom. The fourth-order valence-corrected chi connectivity index (χ4v) is 2.23. The van der Waals surface area contributed by atoms with E-state index in [-0.39, 0.29) is 11.9 Å². The number of carbonyl (C=O) groups excluding carboxylic acids is 1. The van der Waals surface area contributed by atoms with Gasteiger partial charge in [0, 0.05) is 11.6 Å². The van der Waals surface area contributed by atoms with Crippen LogP contribution in [-0.2, 0) is 4.79 Å². The molecule has 0 aliphatic carbocycles. The molecule has 0 saturated carbocycles. The largest absolute Gasteiger partial charge is 0.318 e. The highest BCUT2D eigenvalue weighted by atomic mass is 35.5. The zero-order chi connectivity index (χ0) is 12.0. The Labute approximate surface area is 103 Å². The lowest BCUT2D eigenvalue weighted by Gasteiger charge is -2.36. The summed E-state index contributed by atoms with van der Waals surface area (Å²) in [5.74, 6) is -0.0701. The van der Waals surface area contributed by atoms with E-state index in [2.05, 4.69) is 4.98 Å². The number of β-lactam (4-membered cyclic amide) rings is 1. The second-order valence-electron chi connectivity index (χ2n) is 4.02. The molecule has 4 nitrogen and oxygen atoms in total. The van der Waals surface area contributed by atoms with Crippen LogP contribution in [0.25, 0.3) is 10.9 Å². The number of amides is 1. The predicted molar refractivity (Wildman–Crippen MR) is 67.1 cm³/mol. The first-order valence-electron chi connectivity index (χ1n) is 5.28. The van der Waals surface area contributed by atoms with Crippen molar-refractivity contribution in [3.8, 4) is 0 Å². The van der Waals surface area contributed by atoms with Gasteiger partial charge in [0.2, 0.25) is 5.91 Å². The van der Waals surface area contributed by atoms with Gasteiger partial charge in [-0.15, -0.1) is 0 Å². The number of carbonyl (C=O) groups is 1. The summed E-state index contributed by atoms with van der Waals surface area (Å²) >= 11 is 6.09. The summed E-state index contributed by atoms with van der Waals surface area (Å²) in [6.45, 7) is 0.534. The molecule has 5 heteroatoms. The molecule has 1 unspecified atom stereocenters. The van der Waals surface area contributed by atoms with E-state index in [9.17, 15) is 4.79 Å². The van der Waals surface area contributed by atoms with Crippen molar-refractivity contribution >= 4 is 34.1 Å². The maximum absolute atomic E-state index is 11.6. The smallest absolute Gasteiger partial charge is 0.245 e. The third kappa shape index (κ3) is 1.49. The molecule has 17 heavy (non-hydrogen) atoms. The molecule has 2 aromatic rings. The van der Waals surface area contributed by atoms with Crippen molar-refractivity contribution < 1.29 is 4.79 Å². The molecule has 1 atom stereocenters. The van der Waals surface area contributed by atoms with E-state index in [1.165, 1.54) is 0 Å². The second-order valence-corrected chi connectivity index (χ2v) is 4.43. The molecule has 86 valence electrons. The minimum atomic E-state index is -0.385. The minimum Gasteiger partial charge on any atom is -0.318 e. The molecule has 1 aliphatic heterocycles. The average Bonchev–Trinajstić information content (AvgIpc) is 2.37. The van der Waals surface area contributed by atoms with E-state index in [1.54, 1.807) is 23.2 Å². The SMILES string of the molecule is NC1CN(c2ccc(Cl)c3cccnc23)C1=O. The first-order chi connectivity index (χ1) is 8.18. The Kier molecular flexibility index (Phi) is 2.28. The summed E-state index contributed by atoms with van der Waals surface area (Å²) in [7, 11) is 0. The normalized spacial score (nSPS) is 19.5. The molecule has 1 saturated heterocycles. The molecule has 1 aromatic heterocycles.